The molecule has 0 amide bonds. The van der Waals surface area contributed by atoms with Crippen LogP contribution in [0.1, 0.15) is 16.8 Å². The Bertz CT molecular complexity index is 838. The number of benzene rings is 2. The molecule has 0 fully saturated rings. The Balaban J connectivity index is 2.03. The predicted molar refractivity (Wildman–Crippen MR) is 91.9 cm³/mol. The second kappa shape index (κ2) is 5.88. The molecule has 0 atom stereocenters. The zero-order valence-electron chi connectivity index (χ0n) is 11.5. The molecule has 0 bridgehead atoms. The van der Waals surface area contributed by atoms with Gasteiger partial charge in [0.25, 0.3) is 0 Å². The fourth-order valence-corrected chi connectivity index (χ4v) is 2.64. The molecule has 0 aliphatic rings. The van der Waals surface area contributed by atoms with Crippen molar-refractivity contribution in [3.05, 3.63) is 75.4 Å². The van der Waals surface area contributed by atoms with Crippen molar-refractivity contribution in [2.75, 3.05) is 0 Å². The molecule has 0 aliphatic heterocycles. The summed E-state index contributed by atoms with van der Waals surface area (Å²) in [6.45, 7) is 2.07. The largest absolute Gasteiger partial charge is 0.248 e. The van der Waals surface area contributed by atoms with Crippen molar-refractivity contribution in [1.29, 1.82) is 0 Å². The average Bonchev–Trinajstić information content (AvgIpc) is 2.46. The van der Waals surface area contributed by atoms with Crippen molar-refractivity contribution in [3.63, 3.8) is 0 Å². The van der Waals surface area contributed by atoms with Gasteiger partial charge in [-0.15, -0.1) is 0 Å². The first kappa shape index (κ1) is 14.1. The number of nitrogens with zero attached hydrogens (tertiary/aromatic N) is 1. The van der Waals surface area contributed by atoms with Crippen LogP contribution in [0, 0.1) is 6.92 Å². The highest BCUT2D eigenvalue weighted by Gasteiger charge is 2.02. The van der Waals surface area contributed by atoms with Crippen LogP contribution in [0.2, 0.25) is 10.0 Å². The summed E-state index contributed by atoms with van der Waals surface area (Å²) in [6, 6.07) is 15.6. The lowest BCUT2D eigenvalue weighted by Crippen LogP contribution is -1.87. The van der Waals surface area contributed by atoms with Crippen molar-refractivity contribution in [2.24, 2.45) is 0 Å². The predicted octanol–water partition coefficient (Wildman–Crippen LogP) is 6.02. The van der Waals surface area contributed by atoms with Crippen molar-refractivity contribution >= 4 is 46.3 Å². The van der Waals surface area contributed by atoms with Gasteiger partial charge in [-0.25, -0.2) is 4.98 Å². The van der Waals surface area contributed by atoms with Gasteiger partial charge in [-0.3, -0.25) is 0 Å². The van der Waals surface area contributed by atoms with E-state index in [4.69, 9.17) is 23.2 Å². The maximum atomic E-state index is 6.15. The first-order valence-corrected chi connectivity index (χ1v) is 7.38. The van der Waals surface area contributed by atoms with E-state index in [0.29, 0.717) is 5.02 Å². The lowest BCUT2D eigenvalue weighted by molar-refractivity contribution is 1.34. The normalized spacial score (nSPS) is 11.4. The first-order valence-electron chi connectivity index (χ1n) is 6.63. The van der Waals surface area contributed by atoms with Gasteiger partial charge in [0.15, 0.2) is 0 Å². The van der Waals surface area contributed by atoms with Gasteiger partial charge in [-0.2, -0.15) is 0 Å². The molecule has 0 saturated heterocycles. The van der Waals surface area contributed by atoms with E-state index in [1.54, 1.807) is 0 Å². The second-order valence-electron chi connectivity index (χ2n) is 4.88. The monoisotopic (exact) mass is 313 g/mol. The molecule has 3 aromatic rings. The van der Waals surface area contributed by atoms with Crippen LogP contribution in [0.15, 0.2) is 48.5 Å². The van der Waals surface area contributed by atoms with E-state index in [9.17, 15) is 0 Å². The minimum atomic E-state index is 0.696. The van der Waals surface area contributed by atoms with E-state index < -0.39 is 0 Å². The standard InChI is InChI=1S/C18H13Cl2N/c1-12-10-15(8-6-13-4-2-3-5-17(13)20)21-18-11-14(19)7-9-16(12)18/h2-11H,1H3/b8-6-. The molecule has 21 heavy (non-hydrogen) atoms. The van der Waals surface area contributed by atoms with Crippen molar-refractivity contribution in [1.82, 2.24) is 4.98 Å². The minimum absolute atomic E-state index is 0.696. The van der Waals surface area contributed by atoms with E-state index in [1.165, 1.54) is 5.56 Å². The second-order valence-corrected chi connectivity index (χ2v) is 5.72. The van der Waals surface area contributed by atoms with E-state index in [1.807, 2.05) is 54.6 Å². The lowest BCUT2D eigenvalue weighted by atomic mass is 10.1. The van der Waals surface area contributed by atoms with E-state index in [-0.39, 0.29) is 0 Å². The molecule has 1 nitrogen and oxygen atoms in total. The maximum absolute atomic E-state index is 6.15. The van der Waals surface area contributed by atoms with Crippen LogP contribution in [0.25, 0.3) is 23.1 Å². The fourth-order valence-electron chi connectivity index (χ4n) is 2.27. The Morgan fingerprint density at radius 3 is 2.57 bits per heavy atom. The topological polar surface area (TPSA) is 12.9 Å². The highest BCUT2D eigenvalue weighted by atomic mass is 35.5. The van der Waals surface area contributed by atoms with Gasteiger partial charge in [-0.1, -0.05) is 53.5 Å². The molecule has 2 aromatic carbocycles. The Morgan fingerprint density at radius 1 is 0.952 bits per heavy atom. The number of hydrogen-bond donors (Lipinski definition) is 0. The van der Waals surface area contributed by atoms with Gasteiger partial charge in [0, 0.05) is 15.4 Å². The van der Waals surface area contributed by atoms with Crippen LogP contribution in [0.5, 0.6) is 0 Å². The van der Waals surface area contributed by atoms with Crippen molar-refractivity contribution in [2.45, 2.75) is 6.92 Å². The quantitative estimate of drug-likeness (QED) is 0.563. The molecule has 0 radical (unpaired) electrons. The molecule has 0 spiro atoms. The molecule has 1 heterocycles. The van der Waals surface area contributed by atoms with Gasteiger partial charge < -0.3 is 0 Å². The smallest absolute Gasteiger partial charge is 0.0726 e. The summed E-state index contributed by atoms with van der Waals surface area (Å²) in [7, 11) is 0. The van der Waals surface area contributed by atoms with Crippen LogP contribution in [-0.4, -0.2) is 4.98 Å². The van der Waals surface area contributed by atoms with Gasteiger partial charge >= 0.3 is 0 Å². The van der Waals surface area contributed by atoms with Crippen LogP contribution < -0.4 is 0 Å². The van der Waals surface area contributed by atoms with Gasteiger partial charge in [-0.05, 0) is 48.4 Å². The number of rotatable bonds is 2. The van der Waals surface area contributed by atoms with Gasteiger partial charge in [0.2, 0.25) is 0 Å². The van der Waals surface area contributed by atoms with E-state index in [0.717, 1.165) is 27.2 Å². The van der Waals surface area contributed by atoms with Crippen LogP contribution in [0.4, 0.5) is 0 Å². The summed E-state index contributed by atoms with van der Waals surface area (Å²) < 4.78 is 0. The number of aryl methyl sites for hydroxylation is 1. The van der Waals surface area contributed by atoms with E-state index >= 15 is 0 Å². The Hall–Kier alpha value is -1.83. The number of pyridine rings is 1. The average molecular weight is 314 g/mol. The van der Waals surface area contributed by atoms with Gasteiger partial charge in [0.1, 0.15) is 0 Å². The zero-order chi connectivity index (χ0) is 14.8. The number of halogens is 2. The van der Waals surface area contributed by atoms with Crippen LogP contribution in [0.3, 0.4) is 0 Å². The lowest BCUT2D eigenvalue weighted by Gasteiger charge is -2.04. The third kappa shape index (κ3) is 3.10. The zero-order valence-corrected chi connectivity index (χ0v) is 13.0. The third-order valence-corrected chi connectivity index (χ3v) is 3.92. The Kier molecular flexibility index (Phi) is 3.96. The summed E-state index contributed by atoms with van der Waals surface area (Å²) in [6.07, 6.45) is 3.94. The number of fused-ring (bicyclic) bond motifs is 1. The molecule has 3 rings (SSSR count). The number of hydrogen-bond acceptors (Lipinski definition) is 1. The summed E-state index contributed by atoms with van der Waals surface area (Å²) in [5.74, 6) is 0. The fraction of sp³-hybridized carbons (Fsp3) is 0.0556. The SMILES string of the molecule is Cc1cc(/C=C\c2ccccc2Cl)nc2cc(Cl)ccc12. The van der Waals surface area contributed by atoms with Crippen LogP contribution >= 0.6 is 23.2 Å². The molecule has 104 valence electrons. The van der Waals surface area contributed by atoms with Crippen LogP contribution in [-0.2, 0) is 0 Å². The third-order valence-electron chi connectivity index (χ3n) is 3.34. The summed E-state index contributed by atoms with van der Waals surface area (Å²) >= 11 is 12.2. The molecule has 0 N–H and O–H groups in total. The molecule has 1 aromatic heterocycles. The Labute approximate surface area is 133 Å². The van der Waals surface area contributed by atoms with Crippen molar-refractivity contribution < 1.29 is 0 Å². The molecular weight excluding hydrogens is 301 g/mol. The molecule has 0 aliphatic carbocycles. The Morgan fingerprint density at radius 2 is 1.76 bits per heavy atom. The van der Waals surface area contributed by atoms with Gasteiger partial charge in [0.05, 0.1) is 11.2 Å². The van der Waals surface area contributed by atoms with E-state index in [2.05, 4.69) is 18.0 Å². The van der Waals surface area contributed by atoms with Crippen molar-refractivity contribution in [3.8, 4) is 0 Å². The molecule has 0 saturated carbocycles. The number of aromatic nitrogens is 1. The summed E-state index contributed by atoms with van der Waals surface area (Å²) in [5.41, 5.74) is 3.95. The highest BCUT2D eigenvalue weighted by Crippen LogP contribution is 2.23. The first-order chi connectivity index (χ1) is 10.1. The summed E-state index contributed by atoms with van der Waals surface area (Å²) in [4.78, 5) is 4.63. The summed E-state index contributed by atoms with van der Waals surface area (Å²) in [5, 5.41) is 2.55. The molecule has 0 unspecified atom stereocenters. The molecular formula is C18H13Cl2N. The minimum Gasteiger partial charge on any atom is -0.248 e. The molecule has 3 heteroatoms. The maximum Gasteiger partial charge on any atom is 0.0726 e. The highest BCUT2D eigenvalue weighted by molar-refractivity contribution is 6.32.